The van der Waals surface area contributed by atoms with Crippen molar-refractivity contribution >= 4 is 27.5 Å². The van der Waals surface area contributed by atoms with E-state index in [0.717, 1.165) is 28.8 Å². The molecule has 1 N–H and O–H groups in total. The molecule has 5 heteroatoms. The van der Waals surface area contributed by atoms with E-state index in [4.69, 9.17) is 5.11 Å². The molecule has 0 aliphatic heterocycles. The van der Waals surface area contributed by atoms with Crippen molar-refractivity contribution in [2.24, 2.45) is 0 Å². The summed E-state index contributed by atoms with van der Waals surface area (Å²) < 4.78 is 1.95. The molecule has 18 heavy (non-hydrogen) atoms. The Morgan fingerprint density at radius 1 is 1.50 bits per heavy atom. The molecule has 0 aliphatic rings. The van der Waals surface area contributed by atoms with Gasteiger partial charge in [-0.2, -0.15) is 5.10 Å². The molecule has 2 heterocycles. The molecule has 0 amide bonds. The first kappa shape index (κ1) is 13.1. The van der Waals surface area contributed by atoms with Crippen LogP contribution in [0, 0.1) is 0 Å². The fourth-order valence-electron chi connectivity index (χ4n) is 1.95. The summed E-state index contributed by atoms with van der Waals surface area (Å²) in [5, 5.41) is 14.7. The van der Waals surface area contributed by atoms with Gasteiger partial charge in [-0.1, -0.05) is 13.3 Å². The van der Waals surface area contributed by atoms with Crippen LogP contribution in [0.3, 0.4) is 0 Å². The van der Waals surface area contributed by atoms with E-state index >= 15 is 0 Å². The topological polar surface area (TPSA) is 55.1 Å². The highest BCUT2D eigenvalue weighted by atomic mass is 32.1. The number of carbonyl (C=O) groups is 1. The molecule has 0 fully saturated rings. The van der Waals surface area contributed by atoms with Gasteiger partial charge in [0.05, 0.1) is 11.2 Å². The molecule has 0 unspecified atom stereocenters. The highest BCUT2D eigenvalue weighted by Crippen LogP contribution is 2.32. The largest absolute Gasteiger partial charge is 0.477 e. The van der Waals surface area contributed by atoms with Crippen molar-refractivity contribution in [3.63, 3.8) is 0 Å². The number of aryl methyl sites for hydroxylation is 1. The van der Waals surface area contributed by atoms with Gasteiger partial charge < -0.3 is 5.11 Å². The van der Waals surface area contributed by atoms with Crippen LogP contribution in [0.25, 0.3) is 10.2 Å². The van der Waals surface area contributed by atoms with Gasteiger partial charge in [0.2, 0.25) is 0 Å². The maximum absolute atomic E-state index is 11.1. The molecule has 2 aromatic heterocycles. The summed E-state index contributed by atoms with van der Waals surface area (Å²) in [6.07, 6.45) is 1.89. The maximum Gasteiger partial charge on any atom is 0.345 e. The lowest BCUT2D eigenvalue weighted by atomic mass is 10.1. The minimum Gasteiger partial charge on any atom is -0.477 e. The van der Waals surface area contributed by atoms with E-state index in [1.807, 2.05) is 4.68 Å². The number of hydrogen-bond donors (Lipinski definition) is 1. The number of hydrogen-bond acceptors (Lipinski definition) is 3. The number of carboxylic acids is 1. The van der Waals surface area contributed by atoms with Crippen LogP contribution in [0.5, 0.6) is 0 Å². The minimum atomic E-state index is -0.862. The lowest BCUT2D eigenvalue weighted by Gasteiger charge is -2.19. The number of nitrogens with zero attached hydrogens (tertiary/aromatic N) is 2. The summed E-state index contributed by atoms with van der Waals surface area (Å²) in [5.74, 6) is -0.862. The van der Waals surface area contributed by atoms with Crippen molar-refractivity contribution in [1.82, 2.24) is 9.78 Å². The van der Waals surface area contributed by atoms with Crippen molar-refractivity contribution < 1.29 is 9.90 Å². The molecule has 4 nitrogen and oxygen atoms in total. The summed E-state index contributed by atoms with van der Waals surface area (Å²) in [5.41, 5.74) is 0.872. The summed E-state index contributed by atoms with van der Waals surface area (Å²) in [4.78, 5) is 12.4. The monoisotopic (exact) mass is 266 g/mol. The molecule has 0 spiro atoms. The highest BCUT2D eigenvalue weighted by molar-refractivity contribution is 7.20. The molecule has 0 saturated heterocycles. The van der Waals surface area contributed by atoms with E-state index < -0.39 is 5.97 Å². The number of thiophene rings is 1. The third-order valence-electron chi connectivity index (χ3n) is 2.77. The van der Waals surface area contributed by atoms with E-state index in [9.17, 15) is 4.79 Å². The van der Waals surface area contributed by atoms with Crippen LogP contribution in [0.1, 0.15) is 49.5 Å². The molecule has 0 bridgehead atoms. The third-order valence-corrected chi connectivity index (χ3v) is 3.87. The lowest BCUT2D eigenvalue weighted by molar-refractivity contribution is 0.0702. The Labute approximate surface area is 110 Å². The standard InChI is InChI=1S/C13H18N2O2S/c1-5-6-9-8-7-10(12(16)17)18-11(8)15(14-9)13(2,3)4/h7H,5-6H2,1-4H3,(H,16,17). The van der Waals surface area contributed by atoms with Crippen molar-refractivity contribution in [3.05, 3.63) is 16.6 Å². The Hall–Kier alpha value is -1.36. The molecule has 0 radical (unpaired) electrons. The van der Waals surface area contributed by atoms with Crippen LogP contribution in [0.15, 0.2) is 6.07 Å². The normalized spacial score (nSPS) is 12.2. The second-order valence-electron chi connectivity index (χ2n) is 5.41. The lowest BCUT2D eigenvalue weighted by Crippen LogP contribution is -2.22. The first-order chi connectivity index (χ1) is 8.34. The van der Waals surface area contributed by atoms with Crippen LogP contribution in [-0.4, -0.2) is 20.9 Å². The van der Waals surface area contributed by atoms with Gasteiger partial charge in [-0.3, -0.25) is 0 Å². The summed E-state index contributed by atoms with van der Waals surface area (Å²) in [6, 6.07) is 1.75. The number of fused-ring (bicyclic) bond motifs is 1. The van der Waals surface area contributed by atoms with Gasteiger partial charge >= 0.3 is 5.97 Å². The van der Waals surface area contributed by atoms with Crippen molar-refractivity contribution in [3.8, 4) is 0 Å². The van der Waals surface area contributed by atoms with Crippen LogP contribution in [-0.2, 0) is 12.0 Å². The molecular weight excluding hydrogens is 248 g/mol. The van der Waals surface area contributed by atoms with Gasteiger partial charge in [0.1, 0.15) is 9.71 Å². The average Bonchev–Trinajstić information content (AvgIpc) is 2.77. The molecule has 98 valence electrons. The molecule has 0 saturated carbocycles. The van der Waals surface area contributed by atoms with Gasteiger partial charge in [0.25, 0.3) is 0 Å². The predicted molar refractivity (Wildman–Crippen MR) is 73.6 cm³/mol. The van der Waals surface area contributed by atoms with E-state index in [2.05, 4.69) is 32.8 Å². The molecule has 0 atom stereocenters. The van der Waals surface area contributed by atoms with Crippen LogP contribution in [0.4, 0.5) is 0 Å². The summed E-state index contributed by atoms with van der Waals surface area (Å²) >= 11 is 1.31. The molecular formula is C13H18N2O2S. The molecule has 2 rings (SSSR count). The Balaban J connectivity index is 2.68. The number of rotatable bonds is 3. The number of aromatic nitrogens is 2. The van der Waals surface area contributed by atoms with Crippen LogP contribution in [0.2, 0.25) is 0 Å². The zero-order valence-corrected chi connectivity index (χ0v) is 12.0. The van der Waals surface area contributed by atoms with Gasteiger partial charge in [0.15, 0.2) is 0 Å². The fourth-order valence-corrected chi connectivity index (χ4v) is 3.11. The van der Waals surface area contributed by atoms with Gasteiger partial charge in [-0.25, -0.2) is 9.48 Å². The molecule has 2 aromatic rings. The Bertz CT molecular complexity index is 590. The average molecular weight is 266 g/mol. The first-order valence-electron chi connectivity index (χ1n) is 6.09. The molecule has 0 aromatic carbocycles. The Morgan fingerprint density at radius 3 is 2.67 bits per heavy atom. The number of carboxylic acid groups (broad SMARTS) is 1. The van der Waals surface area contributed by atoms with Crippen molar-refractivity contribution in [1.29, 1.82) is 0 Å². The zero-order valence-electron chi connectivity index (χ0n) is 11.1. The quantitative estimate of drug-likeness (QED) is 0.925. The fraction of sp³-hybridized carbons (Fsp3) is 0.538. The van der Waals surface area contributed by atoms with Crippen LogP contribution >= 0.6 is 11.3 Å². The molecule has 0 aliphatic carbocycles. The van der Waals surface area contributed by atoms with E-state index in [0.29, 0.717) is 4.88 Å². The Kier molecular flexibility index (Phi) is 3.19. The summed E-state index contributed by atoms with van der Waals surface area (Å²) in [7, 11) is 0. The first-order valence-corrected chi connectivity index (χ1v) is 6.91. The third kappa shape index (κ3) is 2.14. The van der Waals surface area contributed by atoms with Gasteiger partial charge in [-0.05, 0) is 33.3 Å². The second kappa shape index (κ2) is 4.39. The van der Waals surface area contributed by atoms with Crippen LogP contribution < -0.4 is 0 Å². The SMILES string of the molecule is CCCc1nn(C(C)(C)C)c2sc(C(=O)O)cc12. The van der Waals surface area contributed by atoms with Crippen molar-refractivity contribution in [2.75, 3.05) is 0 Å². The Morgan fingerprint density at radius 2 is 2.17 bits per heavy atom. The smallest absolute Gasteiger partial charge is 0.345 e. The van der Waals surface area contributed by atoms with Gasteiger partial charge in [0, 0.05) is 5.39 Å². The van der Waals surface area contributed by atoms with E-state index in [1.54, 1.807) is 6.07 Å². The predicted octanol–water partition coefficient (Wildman–Crippen LogP) is 3.50. The van der Waals surface area contributed by atoms with Crippen molar-refractivity contribution in [2.45, 2.75) is 46.1 Å². The minimum absolute atomic E-state index is 0.134. The zero-order chi connectivity index (χ0) is 13.5. The van der Waals surface area contributed by atoms with E-state index in [-0.39, 0.29) is 5.54 Å². The maximum atomic E-state index is 11.1. The van der Waals surface area contributed by atoms with E-state index in [1.165, 1.54) is 11.3 Å². The number of aromatic carboxylic acids is 1. The highest BCUT2D eigenvalue weighted by Gasteiger charge is 2.23. The van der Waals surface area contributed by atoms with Gasteiger partial charge in [-0.15, -0.1) is 11.3 Å². The summed E-state index contributed by atoms with van der Waals surface area (Å²) in [6.45, 7) is 8.34. The second-order valence-corrected chi connectivity index (χ2v) is 6.44.